The molecule has 5 aromatic rings. The maximum Gasteiger partial charge on any atom is 0.283 e. The molecule has 0 saturated carbocycles. The van der Waals surface area contributed by atoms with Gasteiger partial charge in [0.1, 0.15) is 11.0 Å². The molecule has 158 valence electrons. The van der Waals surface area contributed by atoms with Crippen molar-refractivity contribution >= 4 is 34.4 Å². The summed E-state index contributed by atoms with van der Waals surface area (Å²) >= 11 is 7.87. The van der Waals surface area contributed by atoms with Gasteiger partial charge in [0.15, 0.2) is 5.16 Å². The van der Waals surface area contributed by atoms with Crippen LogP contribution in [-0.4, -0.2) is 14.5 Å². The monoisotopic (exact) mass is 457 g/mol. The van der Waals surface area contributed by atoms with E-state index in [1.54, 1.807) is 4.57 Å². The Hall–Kier alpha value is -3.28. The standard InChI is InChI=1S/C26H20ClN3OS/c1-17-11-13-20(14-12-17)30-25(31)24-23(21(15-28-24)18-7-3-2-4-8-18)29-26(30)32-16-19-9-5-6-10-22(19)27/h2-15,28H,16H2,1H3. The number of rotatable bonds is 5. The third kappa shape index (κ3) is 3.85. The van der Waals surface area contributed by atoms with Crippen molar-refractivity contribution in [2.75, 3.05) is 0 Å². The van der Waals surface area contributed by atoms with Gasteiger partial charge < -0.3 is 4.98 Å². The van der Waals surface area contributed by atoms with Crippen molar-refractivity contribution in [3.63, 3.8) is 0 Å². The van der Waals surface area contributed by atoms with Crippen LogP contribution >= 0.6 is 23.4 Å². The Morgan fingerprint density at radius 2 is 1.69 bits per heavy atom. The zero-order valence-electron chi connectivity index (χ0n) is 17.4. The van der Waals surface area contributed by atoms with E-state index in [1.807, 2.05) is 92.0 Å². The summed E-state index contributed by atoms with van der Waals surface area (Å²) in [6.07, 6.45) is 1.86. The summed E-state index contributed by atoms with van der Waals surface area (Å²) in [7, 11) is 0. The molecule has 0 aliphatic rings. The molecule has 0 bridgehead atoms. The van der Waals surface area contributed by atoms with Gasteiger partial charge in [-0.25, -0.2) is 4.98 Å². The van der Waals surface area contributed by atoms with Crippen molar-refractivity contribution in [1.82, 2.24) is 14.5 Å². The first-order valence-electron chi connectivity index (χ1n) is 10.2. The molecule has 0 fully saturated rings. The molecule has 0 radical (unpaired) electrons. The first-order chi connectivity index (χ1) is 15.6. The summed E-state index contributed by atoms with van der Waals surface area (Å²) < 4.78 is 1.68. The van der Waals surface area contributed by atoms with Crippen molar-refractivity contribution in [3.05, 3.63) is 112 Å². The molecule has 2 heterocycles. The second-order valence-corrected chi connectivity index (χ2v) is 8.89. The largest absolute Gasteiger partial charge is 0.355 e. The van der Waals surface area contributed by atoms with Gasteiger partial charge in [-0.2, -0.15) is 0 Å². The SMILES string of the molecule is Cc1ccc(-n2c(SCc3ccccc3Cl)nc3c(-c4ccccc4)c[nH]c3c2=O)cc1. The van der Waals surface area contributed by atoms with Crippen molar-refractivity contribution in [1.29, 1.82) is 0 Å². The van der Waals surface area contributed by atoms with E-state index in [2.05, 4.69) is 4.98 Å². The van der Waals surface area contributed by atoms with Gasteiger partial charge in [0.25, 0.3) is 5.56 Å². The zero-order chi connectivity index (χ0) is 22.1. The number of hydrogen-bond donors (Lipinski definition) is 1. The van der Waals surface area contributed by atoms with Gasteiger partial charge in [-0.3, -0.25) is 9.36 Å². The topological polar surface area (TPSA) is 50.7 Å². The molecule has 0 atom stereocenters. The van der Waals surface area contributed by atoms with E-state index >= 15 is 0 Å². The Bertz CT molecular complexity index is 1460. The number of nitrogens with zero attached hydrogens (tertiary/aromatic N) is 2. The molecule has 32 heavy (non-hydrogen) atoms. The predicted molar refractivity (Wildman–Crippen MR) is 133 cm³/mol. The van der Waals surface area contributed by atoms with Crippen LogP contribution in [0, 0.1) is 6.92 Å². The molecule has 0 aliphatic heterocycles. The quantitative estimate of drug-likeness (QED) is 0.238. The second-order valence-electron chi connectivity index (χ2n) is 7.54. The molecular formula is C26H20ClN3OS. The molecule has 0 unspecified atom stereocenters. The lowest BCUT2D eigenvalue weighted by Gasteiger charge is -2.13. The highest BCUT2D eigenvalue weighted by atomic mass is 35.5. The molecular weight excluding hydrogens is 438 g/mol. The summed E-state index contributed by atoms with van der Waals surface area (Å²) in [5.41, 5.74) is 5.88. The number of hydrogen-bond acceptors (Lipinski definition) is 3. The summed E-state index contributed by atoms with van der Waals surface area (Å²) in [5.74, 6) is 0.606. The highest BCUT2D eigenvalue weighted by Crippen LogP contribution is 2.31. The lowest BCUT2D eigenvalue weighted by atomic mass is 10.1. The van der Waals surface area contributed by atoms with E-state index in [4.69, 9.17) is 16.6 Å². The molecule has 4 nitrogen and oxygen atoms in total. The lowest BCUT2D eigenvalue weighted by Crippen LogP contribution is -2.21. The van der Waals surface area contributed by atoms with Crippen molar-refractivity contribution in [2.24, 2.45) is 0 Å². The molecule has 0 saturated heterocycles. The Balaban J connectivity index is 1.69. The van der Waals surface area contributed by atoms with Gasteiger partial charge in [-0.05, 0) is 36.2 Å². The average molecular weight is 458 g/mol. The van der Waals surface area contributed by atoms with Crippen LogP contribution in [-0.2, 0) is 5.75 Å². The third-order valence-corrected chi connectivity index (χ3v) is 6.72. The molecule has 0 aliphatic carbocycles. The van der Waals surface area contributed by atoms with E-state index in [1.165, 1.54) is 11.8 Å². The number of aromatic nitrogens is 3. The maximum atomic E-state index is 13.6. The summed E-state index contributed by atoms with van der Waals surface area (Å²) in [6, 6.07) is 25.6. The van der Waals surface area contributed by atoms with Crippen LogP contribution in [0.2, 0.25) is 5.02 Å². The molecule has 6 heteroatoms. The second kappa shape index (κ2) is 8.69. The summed E-state index contributed by atoms with van der Waals surface area (Å²) in [5, 5.41) is 1.33. The lowest BCUT2D eigenvalue weighted by molar-refractivity contribution is 0.818. The highest BCUT2D eigenvalue weighted by molar-refractivity contribution is 7.98. The fourth-order valence-corrected chi connectivity index (χ4v) is 4.94. The normalized spacial score (nSPS) is 11.2. The minimum Gasteiger partial charge on any atom is -0.355 e. The zero-order valence-corrected chi connectivity index (χ0v) is 19.0. The number of aryl methyl sites for hydroxylation is 1. The third-order valence-electron chi connectivity index (χ3n) is 5.36. The van der Waals surface area contributed by atoms with Crippen LogP contribution in [0.15, 0.2) is 95.0 Å². The smallest absolute Gasteiger partial charge is 0.283 e. The van der Waals surface area contributed by atoms with Gasteiger partial charge in [-0.15, -0.1) is 0 Å². The average Bonchev–Trinajstić information content (AvgIpc) is 3.24. The molecule has 0 spiro atoms. The first-order valence-corrected chi connectivity index (χ1v) is 11.6. The van der Waals surface area contributed by atoms with Crippen molar-refractivity contribution < 1.29 is 0 Å². The number of fused-ring (bicyclic) bond motifs is 1. The van der Waals surface area contributed by atoms with Gasteiger partial charge in [0, 0.05) is 22.5 Å². The molecule has 0 amide bonds. The van der Waals surface area contributed by atoms with Crippen LogP contribution in [0.25, 0.3) is 27.8 Å². The van der Waals surface area contributed by atoms with Crippen LogP contribution in [0.1, 0.15) is 11.1 Å². The van der Waals surface area contributed by atoms with Gasteiger partial charge in [-0.1, -0.05) is 89.6 Å². The predicted octanol–water partition coefficient (Wildman–Crippen LogP) is 6.63. The van der Waals surface area contributed by atoms with E-state index < -0.39 is 0 Å². The maximum absolute atomic E-state index is 13.6. The Kier molecular flexibility index (Phi) is 5.60. The Morgan fingerprint density at radius 1 is 0.969 bits per heavy atom. The van der Waals surface area contributed by atoms with E-state index in [0.717, 1.165) is 27.9 Å². The van der Waals surface area contributed by atoms with Gasteiger partial charge in [0.05, 0.1) is 5.69 Å². The fourth-order valence-electron chi connectivity index (χ4n) is 3.65. The van der Waals surface area contributed by atoms with E-state index in [9.17, 15) is 4.79 Å². The number of H-pyrrole nitrogens is 1. The van der Waals surface area contributed by atoms with Gasteiger partial charge in [0.2, 0.25) is 0 Å². The molecule has 2 aromatic heterocycles. The minimum absolute atomic E-state index is 0.123. The van der Waals surface area contributed by atoms with Crippen LogP contribution in [0.4, 0.5) is 0 Å². The molecule has 3 aromatic carbocycles. The number of halogens is 1. The molecule has 5 rings (SSSR count). The molecule has 1 N–H and O–H groups in total. The van der Waals surface area contributed by atoms with E-state index in [0.29, 0.717) is 27.0 Å². The fraction of sp³-hybridized carbons (Fsp3) is 0.0769. The summed E-state index contributed by atoms with van der Waals surface area (Å²) in [6.45, 7) is 2.03. The number of nitrogens with one attached hydrogen (secondary N) is 1. The number of benzene rings is 3. The Morgan fingerprint density at radius 3 is 2.44 bits per heavy atom. The van der Waals surface area contributed by atoms with Crippen LogP contribution in [0.3, 0.4) is 0 Å². The highest BCUT2D eigenvalue weighted by Gasteiger charge is 2.18. The summed E-state index contributed by atoms with van der Waals surface area (Å²) in [4.78, 5) is 21.7. The number of thioether (sulfide) groups is 1. The number of aromatic amines is 1. The Labute approximate surface area is 194 Å². The van der Waals surface area contributed by atoms with Crippen molar-refractivity contribution in [2.45, 2.75) is 17.8 Å². The van der Waals surface area contributed by atoms with Gasteiger partial charge >= 0.3 is 0 Å². The first kappa shape index (κ1) is 20.6. The van der Waals surface area contributed by atoms with Crippen molar-refractivity contribution in [3.8, 4) is 16.8 Å². The van der Waals surface area contributed by atoms with Crippen LogP contribution < -0.4 is 5.56 Å². The van der Waals surface area contributed by atoms with E-state index in [-0.39, 0.29) is 5.56 Å². The van der Waals surface area contributed by atoms with Crippen LogP contribution in [0.5, 0.6) is 0 Å². The minimum atomic E-state index is -0.123.